The fourth-order valence-corrected chi connectivity index (χ4v) is 4.16. The molecular formula is C22H24N4O3S. The van der Waals surface area contributed by atoms with Gasteiger partial charge < -0.3 is 19.0 Å². The number of hydrogen-bond acceptors (Lipinski definition) is 7. The van der Waals surface area contributed by atoms with Gasteiger partial charge in [-0.15, -0.1) is 10.2 Å². The van der Waals surface area contributed by atoms with Crippen molar-refractivity contribution in [2.75, 3.05) is 38.2 Å². The van der Waals surface area contributed by atoms with Gasteiger partial charge in [-0.05, 0) is 43.3 Å². The third-order valence-corrected chi connectivity index (χ3v) is 6.00. The van der Waals surface area contributed by atoms with Crippen molar-refractivity contribution in [1.29, 1.82) is 0 Å². The number of nitrogens with zero attached hydrogens (tertiary/aromatic N) is 4. The number of aromatic nitrogens is 2. The molecule has 7 nitrogen and oxygen atoms in total. The molecule has 4 rings (SSSR count). The number of hydrogen-bond donors (Lipinski definition) is 0. The van der Waals surface area contributed by atoms with E-state index in [1.54, 1.807) is 7.11 Å². The van der Waals surface area contributed by atoms with Gasteiger partial charge in [0.1, 0.15) is 5.75 Å². The van der Waals surface area contributed by atoms with Crippen molar-refractivity contribution in [3.8, 4) is 17.2 Å². The Labute approximate surface area is 180 Å². The predicted octanol–water partition coefficient (Wildman–Crippen LogP) is 3.57. The molecule has 0 N–H and O–H groups in total. The summed E-state index contributed by atoms with van der Waals surface area (Å²) in [4.78, 5) is 17.1. The van der Waals surface area contributed by atoms with Crippen LogP contribution in [0.2, 0.25) is 0 Å². The van der Waals surface area contributed by atoms with E-state index in [2.05, 4.69) is 27.2 Å². The van der Waals surface area contributed by atoms with Gasteiger partial charge in [0.15, 0.2) is 0 Å². The Kier molecular flexibility index (Phi) is 6.23. The fourth-order valence-electron chi connectivity index (χ4n) is 3.39. The summed E-state index contributed by atoms with van der Waals surface area (Å²) in [6.07, 6.45) is 0. The Hall–Kier alpha value is -3.00. The minimum atomic E-state index is -0.294. The van der Waals surface area contributed by atoms with Crippen molar-refractivity contribution in [3.63, 3.8) is 0 Å². The third kappa shape index (κ3) is 4.59. The number of benzene rings is 2. The molecule has 8 heteroatoms. The van der Waals surface area contributed by atoms with E-state index in [-0.39, 0.29) is 11.2 Å². The summed E-state index contributed by atoms with van der Waals surface area (Å²) in [5, 5.41) is 8.29. The van der Waals surface area contributed by atoms with Crippen molar-refractivity contribution in [2.45, 2.75) is 17.4 Å². The summed E-state index contributed by atoms with van der Waals surface area (Å²) in [7, 11) is 1.62. The second-order valence-corrected chi connectivity index (χ2v) is 8.30. The van der Waals surface area contributed by atoms with Crippen LogP contribution in [-0.2, 0) is 4.79 Å². The highest BCUT2D eigenvalue weighted by atomic mass is 32.2. The average Bonchev–Trinajstić information content (AvgIpc) is 3.27. The SMILES string of the molecule is COc1ccc(-c2nnc(SC(C)C(=O)N3CCN(c4ccccc4)CC3)o2)cc1. The molecule has 1 saturated heterocycles. The predicted molar refractivity (Wildman–Crippen MR) is 117 cm³/mol. The van der Waals surface area contributed by atoms with E-state index >= 15 is 0 Å². The van der Waals surface area contributed by atoms with Gasteiger partial charge in [0.2, 0.25) is 11.8 Å². The number of thioether (sulfide) groups is 1. The number of amides is 1. The molecule has 1 atom stereocenters. The van der Waals surface area contributed by atoms with Crippen LogP contribution in [0.1, 0.15) is 6.92 Å². The van der Waals surface area contributed by atoms with Crippen molar-refractivity contribution in [2.24, 2.45) is 0 Å². The Morgan fingerprint density at radius 3 is 2.40 bits per heavy atom. The van der Waals surface area contributed by atoms with Gasteiger partial charge in [-0.3, -0.25) is 4.79 Å². The van der Waals surface area contributed by atoms with E-state index in [9.17, 15) is 4.79 Å². The van der Waals surface area contributed by atoms with Gasteiger partial charge in [-0.1, -0.05) is 30.0 Å². The quantitative estimate of drug-likeness (QED) is 0.560. The number of para-hydroxylation sites is 1. The highest BCUT2D eigenvalue weighted by Gasteiger charge is 2.27. The van der Waals surface area contributed by atoms with Gasteiger partial charge in [-0.25, -0.2) is 0 Å². The van der Waals surface area contributed by atoms with Gasteiger partial charge >= 0.3 is 0 Å². The molecule has 1 aromatic heterocycles. The topological polar surface area (TPSA) is 71.7 Å². The average molecular weight is 425 g/mol. The summed E-state index contributed by atoms with van der Waals surface area (Å²) in [6, 6.07) is 17.7. The number of ether oxygens (including phenoxy) is 1. The maximum atomic E-state index is 12.9. The molecule has 1 unspecified atom stereocenters. The molecule has 1 fully saturated rings. The highest BCUT2D eigenvalue weighted by molar-refractivity contribution is 8.00. The Morgan fingerprint density at radius 2 is 1.73 bits per heavy atom. The normalized spacial score (nSPS) is 15.1. The Bertz CT molecular complexity index is 970. The smallest absolute Gasteiger partial charge is 0.277 e. The third-order valence-electron chi connectivity index (χ3n) is 5.08. The summed E-state index contributed by atoms with van der Waals surface area (Å²) < 4.78 is 10.9. The number of anilines is 1. The van der Waals surface area contributed by atoms with Crippen LogP contribution in [0, 0.1) is 0 Å². The zero-order valence-electron chi connectivity index (χ0n) is 17.0. The Balaban J connectivity index is 1.32. The molecule has 1 aliphatic heterocycles. The van der Waals surface area contributed by atoms with Crippen LogP contribution in [0.15, 0.2) is 64.2 Å². The number of rotatable bonds is 6. The van der Waals surface area contributed by atoms with Gasteiger partial charge in [0.25, 0.3) is 5.22 Å². The minimum Gasteiger partial charge on any atom is -0.497 e. The minimum absolute atomic E-state index is 0.0944. The summed E-state index contributed by atoms with van der Waals surface area (Å²) >= 11 is 1.30. The number of piperazine rings is 1. The van der Waals surface area contributed by atoms with Gasteiger partial charge in [-0.2, -0.15) is 0 Å². The van der Waals surface area contributed by atoms with Crippen molar-refractivity contribution in [1.82, 2.24) is 15.1 Å². The van der Waals surface area contributed by atoms with Gasteiger partial charge in [0, 0.05) is 37.4 Å². The van der Waals surface area contributed by atoms with E-state index in [1.807, 2.05) is 54.3 Å². The second-order valence-electron chi connectivity index (χ2n) is 7.01. The summed E-state index contributed by atoms with van der Waals surface area (Å²) in [6.45, 7) is 4.96. The molecule has 0 bridgehead atoms. The van der Waals surface area contributed by atoms with E-state index in [4.69, 9.17) is 9.15 Å². The second kappa shape index (κ2) is 9.21. The molecule has 156 valence electrons. The molecule has 0 radical (unpaired) electrons. The summed E-state index contributed by atoms with van der Waals surface area (Å²) in [5.74, 6) is 1.28. The molecule has 2 aromatic carbocycles. The molecule has 2 heterocycles. The van der Waals surface area contributed by atoms with E-state index in [0.717, 1.165) is 24.4 Å². The first kappa shape index (κ1) is 20.3. The van der Waals surface area contributed by atoms with Crippen molar-refractivity contribution in [3.05, 3.63) is 54.6 Å². The number of carbonyl (C=O) groups excluding carboxylic acids is 1. The lowest BCUT2D eigenvalue weighted by Gasteiger charge is -2.37. The molecule has 1 amide bonds. The van der Waals surface area contributed by atoms with E-state index < -0.39 is 0 Å². The van der Waals surface area contributed by atoms with Crippen LogP contribution < -0.4 is 9.64 Å². The largest absolute Gasteiger partial charge is 0.497 e. The van der Waals surface area contributed by atoms with Crippen molar-refractivity contribution >= 4 is 23.4 Å². The standard InChI is InChI=1S/C22H24N4O3S/c1-16(21(27)26-14-12-25(13-15-26)18-6-4-3-5-7-18)30-22-24-23-20(29-22)17-8-10-19(28-2)11-9-17/h3-11,16H,12-15H2,1-2H3. The molecule has 3 aromatic rings. The van der Waals surface area contributed by atoms with Crippen molar-refractivity contribution < 1.29 is 13.9 Å². The molecule has 0 spiro atoms. The lowest BCUT2D eigenvalue weighted by molar-refractivity contribution is -0.130. The van der Waals surface area contributed by atoms with Crippen LogP contribution in [0.4, 0.5) is 5.69 Å². The number of methoxy groups -OCH3 is 1. The molecular weight excluding hydrogens is 400 g/mol. The maximum absolute atomic E-state index is 12.9. The number of carbonyl (C=O) groups is 1. The first-order chi connectivity index (χ1) is 14.6. The molecule has 30 heavy (non-hydrogen) atoms. The zero-order valence-corrected chi connectivity index (χ0v) is 17.8. The van der Waals surface area contributed by atoms with Crippen LogP contribution >= 0.6 is 11.8 Å². The molecule has 0 aliphatic carbocycles. The molecule has 0 saturated carbocycles. The molecule has 1 aliphatic rings. The van der Waals surface area contributed by atoms with Gasteiger partial charge in [0.05, 0.1) is 12.4 Å². The fraction of sp³-hybridized carbons (Fsp3) is 0.318. The van der Waals surface area contributed by atoms with Crippen LogP contribution in [0.5, 0.6) is 5.75 Å². The lowest BCUT2D eigenvalue weighted by atomic mass is 10.2. The summed E-state index contributed by atoms with van der Waals surface area (Å²) in [5.41, 5.74) is 2.01. The monoisotopic (exact) mass is 424 g/mol. The zero-order chi connectivity index (χ0) is 20.9. The first-order valence-electron chi connectivity index (χ1n) is 9.87. The first-order valence-corrected chi connectivity index (χ1v) is 10.8. The maximum Gasteiger partial charge on any atom is 0.277 e. The lowest BCUT2D eigenvalue weighted by Crippen LogP contribution is -2.50. The van der Waals surface area contributed by atoms with Crippen LogP contribution in [0.25, 0.3) is 11.5 Å². The van der Waals surface area contributed by atoms with E-state index in [1.165, 1.54) is 17.4 Å². The van der Waals surface area contributed by atoms with E-state index in [0.29, 0.717) is 24.2 Å². The highest BCUT2D eigenvalue weighted by Crippen LogP contribution is 2.28. The van der Waals surface area contributed by atoms with Crippen LogP contribution in [-0.4, -0.2) is 59.5 Å². The Morgan fingerprint density at radius 1 is 1.03 bits per heavy atom. The van der Waals surface area contributed by atoms with Crippen LogP contribution in [0.3, 0.4) is 0 Å².